The van der Waals surface area contributed by atoms with Crippen molar-refractivity contribution in [3.05, 3.63) is 76.5 Å². The number of hydrogen-bond acceptors (Lipinski definition) is 4. The molecule has 1 amide bonds. The number of amides is 1. The summed E-state index contributed by atoms with van der Waals surface area (Å²) in [6, 6.07) is 12.7. The lowest BCUT2D eigenvalue weighted by atomic mass is 9.99. The van der Waals surface area contributed by atoms with Gasteiger partial charge in [0, 0.05) is 48.0 Å². The number of nitriles is 1. The summed E-state index contributed by atoms with van der Waals surface area (Å²) in [6.45, 7) is 6.61. The molecule has 0 fully saturated rings. The van der Waals surface area contributed by atoms with Gasteiger partial charge in [0.15, 0.2) is 0 Å². The Morgan fingerprint density at radius 1 is 1.21 bits per heavy atom. The maximum atomic E-state index is 14.4. The number of aromatic nitrogens is 2. The molecule has 0 radical (unpaired) electrons. The van der Waals surface area contributed by atoms with Gasteiger partial charge in [-0.05, 0) is 39.0 Å². The number of hydrogen-bond donors (Lipinski definition) is 0. The molecule has 0 N–H and O–H groups in total. The van der Waals surface area contributed by atoms with Crippen LogP contribution in [0.3, 0.4) is 0 Å². The Labute approximate surface area is 197 Å². The molecule has 6 nitrogen and oxygen atoms in total. The van der Waals surface area contributed by atoms with E-state index in [0.29, 0.717) is 36.3 Å². The molecule has 34 heavy (non-hydrogen) atoms. The monoisotopic (exact) mass is 464 g/mol. The molecule has 0 spiro atoms. The van der Waals surface area contributed by atoms with Crippen LogP contribution in [0.2, 0.25) is 0 Å². The second kappa shape index (κ2) is 9.35. The Hall–Kier alpha value is -3.57. The van der Waals surface area contributed by atoms with Crippen LogP contribution in [0.15, 0.2) is 42.5 Å². The molecule has 0 atom stereocenters. The third-order valence-electron chi connectivity index (χ3n) is 5.72. The van der Waals surface area contributed by atoms with E-state index in [2.05, 4.69) is 6.07 Å². The smallest absolute Gasteiger partial charge is 0.248 e. The maximum absolute atomic E-state index is 14.4. The molecule has 0 aliphatic carbocycles. The first-order valence-electron chi connectivity index (χ1n) is 11.1. The van der Waals surface area contributed by atoms with Crippen LogP contribution in [-0.4, -0.2) is 39.3 Å². The lowest BCUT2D eigenvalue weighted by molar-refractivity contribution is -0.142. The zero-order valence-electron chi connectivity index (χ0n) is 19.4. The van der Waals surface area contributed by atoms with Crippen molar-refractivity contribution in [3.8, 4) is 17.3 Å². The molecule has 1 aliphatic rings. The molecule has 1 aromatic heterocycles. The average Bonchev–Trinajstić information content (AvgIpc) is 3.16. The minimum atomic E-state index is -0.635. The molecule has 2 aromatic carbocycles. The normalized spacial score (nSPS) is 13.5. The van der Waals surface area contributed by atoms with Crippen molar-refractivity contribution in [2.75, 3.05) is 13.2 Å². The van der Waals surface area contributed by atoms with E-state index in [1.54, 1.807) is 27.8 Å². The third-order valence-corrected chi connectivity index (χ3v) is 5.72. The fourth-order valence-electron chi connectivity index (χ4n) is 3.98. The van der Waals surface area contributed by atoms with Gasteiger partial charge in [-0.15, -0.1) is 0 Å². The number of halogens is 2. The highest BCUT2D eigenvalue weighted by molar-refractivity contribution is 5.78. The number of carbonyl (C=O) groups is 1. The highest BCUT2D eigenvalue weighted by Gasteiger charge is 2.29. The van der Waals surface area contributed by atoms with Crippen molar-refractivity contribution < 1.29 is 18.3 Å². The van der Waals surface area contributed by atoms with Crippen molar-refractivity contribution in [1.82, 2.24) is 14.7 Å². The Bertz CT molecular complexity index is 1270. The summed E-state index contributed by atoms with van der Waals surface area (Å²) in [5, 5.41) is 14.1. The van der Waals surface area contributed by atoms with Crippen molar-refractivity contribution in [2.24, 2.45) is 0 Å². The first-order valence-corrected chi connectivity index (χ1v) is 11.1. The molecule has 0 unspecified atom stereocenters. The van der Waals surface area contributed by atoms with Crippen LogP contribution < -0.4 is 0 Å². The van der Waals surface area contributed by atoms with Gasteiger partial charge in [0.05, 0.1) is 29.5 Å². The maximum Gasteiger partial charge on any atom is 0.248 e. The van der Waals surface area contributed by atoms with E-state index in [1.807, 2.05) is 26.8 Å². The fraction of sp³-hybridized carbons (Fsp3) is 0.346. The minimum absolute atomic E-state index is 0.0208. The molecule has 0 saturated carbocycles. The van der Waals surface area contributed by atoms with E-state index < -0.39 is 17.2 Å². The molecule has 2 heterocycles. The second-order valence-electron chi connectivity index (χ2n) is 9.33. The van der Waals surface area contributed by atoms with E-state index in [0.717, 1.165) is 22.9 Å². The van der Waals surface area contributed by atoms with Gasteiger partial charge in [0.2, 0.25) is 5.91 Å². The summed E-state index contributed by atoms with van der Waals surface area (Å²) in [7, 11) is 0. The molecule has 0 saturated heterocycles. The van der Waals surface area contributed by atoms with Crippen LogP contribution >= 0.6 is 0 Å². The molecule has 3 aromatic rings. The number of benzene rings is 2. The molecular weight excluding hydrogens is 438 g/mol. The van der Waals surface area contributed by atoms with Crippen LogP contribution in [0.25, 0.3) is 11.3 Å². The quantitative estimate of drug-likeness (QED) is 0.560. The SMILES string of the molecule is CC(C)(C)OCC(=O)N1CCc2c(c(-c3cccc(C#N)c3)nn2Cc2ccc(F)cc2F)C1. The van der Waals surface area contributed by atoms with Crippen molar-refractivity contribution in [1.29, 1.82) is 5.26 Å². The van der Waals surface area contributed by atoms with Gasteiger partial charge >= 0.3 is 0 Å². The summed E-state index contributed by atoms with van der Waals surface area (Å²) in [6.07, 6.45) is 0.532. The van der Waals surface area contributed by atoms with Gasteiger partial charge < -0.3 is 9.64 Å². The minimum Gasteiger partial charge on any atom is -0.366 e. The van der Waals surface area contributed by atoms with E-state index >= 15 is 0 Å². The highest BCUT2D eigenvalue weighted by atomic mass is 19.1. The summed E-state index contributed by atoms with van der Waals surface area (Å²) < 4.78 is 35.1. The molecule has 8 heteroatoms. The summed E-state index contributed by atoms with van der Waals surface area (Å²) in [5.74, 6) is -1.39. The first-order chi connectivity index (χ1) is 16.1. The molecule has 1 aliphatic heterocycles. The molecule has 176 valence electrons. The van der Waals surface area contributed by atoms with Crippen molar-refractivity contribution in [2.45, 2.75) is 45.9 Å². The fourth-order valence-corrected chi connectivity index (χ4v) is 3.98. The summed E-state index contributed by atoms with van der Waals surface area (Å²) in [4.78, 5) is 14.6. The topological polar surface area (TPSA) is 71.2 Å². The molecular formula is C26H26F2N4O2. The Morgan fingerprint density at radius 3 is 2.71 bits per heavy atom. The van der Waals surface area contributed by atoms with Crippen LogP contribution in [0.4, 0.5) is 8.78 Å². The lowest BCUT2D eigenvalue weighted by Gasteiger charge is -2.29. The first kappa shape index (κ1) is 23.6. The van der Waals surface area contributed by atoms with Crippen molar-refractivity contribution in [3.63, 3.8) is 0 Å². The Balaban J connectivity index is 1.70. The van der Waals surface area contributed by atoms with Gasteiger partial charge in [0.25, 0.3) is 0 Å². The van der Waals surface area contributed by atoms with Crippen LogP contribution in [0.1, 0.15) is 43.2 Å². The highest BCUT2D eigenvalue weighted by Crippen LogP contribution is 2.31. The van der Waals surface area contributed by atoms with Gasteiger partial charge in [0.1, 0.15) is 18.2 Å². The van der Waals surface area contributed by atoms with Crippen LogP contribution in [0.5, 0.6) is 0 Å². The van der Waals surface area contributed by atoms with Crippen LogP contribution in [-0.2, 0) is 29.0 Å². The van der Waals surface area contributed by atoms with Gasteiger partial charge in [-0.3, -0.25) is 9.48 Å². The molecule has 0 bridgehead atoms. The number of ether oxygens (including phenoxy) is 1. The van der Waals surface area contributed by atoms with E-state index in [-0.39, 0.29) is 19.1 Å². The predicted molar refractivity (Wildman–Crippen MR) is 123 cm³/mol. The van der Waals surface area contributed by atoms with E-state index in [9.17, 15) is 18.8 Å². The summed E-state index contributed by atoms with van der Waals surface area (Å²) in [5.41, 5.74) is 3.52. The van der Waals surface area contributed by atoms with E-state index in [4.69, 9.17) is 9.84 Å². The van der Waals surface area contributed by atoms with Gasteiger partial charge in [-0.25, -0.2) is 8.78 Å². The van der Waals surface area contributed by atoms with E-state index in [1.165, 1.54) is 12.1 Å². The summed E-state index contributed by atoms with van der Waals surface area (Å²) >= 11 is 0. The number of rotatable bonds is 5. The van der Waals surface area contributed by atoms with Crippen molar-refractivity contribution >= 4 is 5.91 Å². The lowest BCUT2D eigenvalue weighted by Crippen LogP contribution is -2.40. The predicted octanol–water partition coefficient (Wildman–Crippen LogP) is 4.45. The third kappa shape index (κ3) is 5.15. The zero-order chi connectivity index (χ0) is 24.5. The van der Waals surface area contributed by atoms with Crippen LogP contribution in [0, 0.1) is 23.0 Å². The average molecular weight is 465 g/mol. The number of carbonyl (C=O) groups excluding carboxylic acids is 1. The number of fused-ring (bicyclic) bond motifs is 1. The Morgan fingerprint density at radius 2 is 2.00 bits per heavy atom. The Kier molecular flexibility index (Phi) is 6.49. The second-order valence-corrected chi connectivity index (χ2v) is 9.33. The standard InChI is InChI=1S/C26H26F2N4O2/c1-26(2,3)34-16-24(33)31-10-9-23-21(15-31)25(18-6-4-5-17(11-18)13-29)30-32(23)14-19-7-8-20(27)12-22(19)28/h4-8,11-12H,9-10,14-16H2,1-3H3. The number of nitrogens with zero attached hydrogens (tertiary/aromatic N) is 4. The zero-order valence-corrected chi connectivity index (χ0v) is 19.4. The largest absolute Gasteiger partial charge is 0.366 e. The van der Waals surface area contributed by atoms with Gasteiger partial charge in [-0.2, -0.15) is 10.4 Å². The molecule has 4 rings (SSSR count). The van der Waals surface area contributed by atoms with Gasteiger partial charge in [-0.1, -0.05) is 18.2 Å².